The van der Waals surface area contributed by atoms with E-state index in [1.807, 2.05) is 115 Å². The maximum absolute atomic E-state index is 13.2. The summed E-state index contributed by atoms with van der Waals surface area (Å²) in [7, 11) is 0. The van der Waals surface area contributed by atoms with Crippen LogP contribution in [0.1, 0.15) is 104 Å². The summed E-state index contributed by atoms with van der Waals surface area (Å²) in [5.41, 5.74) is 8.84. The standard InChI is InChI=1S/C29H29N3O3.C23H25N3O3/c1-21-7-10-26(19-27(21)31-29(34)35-18-15-22-5-3-2-4-6-22)28(33)32-16-13-25(14-17-32)24-11-8-23(20-30)9-12-24;1-3-29-23(28)25-21-14-20(7-4-16(21)2)22(27)26-12-10-19(11-13-26)18-8-5-17(15-24)6-9-18/h2-12,19,25H,13-18H2,1H3,(H,31,34);4-9,14,19H,3,10-13H2,1-2H3,(H,25,28). The summed E-state index contributed by atoms with van der Waals surface area (Å²) in [5.74, 6) is 0.706. The third-order valence-corrected chi connectivity index (χ3v) is 11.8. The lowest BCUT2D eigenvalue weighted by molar-refractivity contribution is 0.0705. The molecule has 2 N–H and O–H groups in total. The molecule has 12 heteroatoms. The number of nitrogens with zero attached hydrogens (tertiary/aromatic N) is 4. The maximum Gasteiger partial charge on any atom is 0.411 e. The third kappa shape index (κ3) is 12.6. The van der Waals surface area contributed by atoms with E-state index in [0.29, 0.717) is 78.1 Å². The van der Waals surface area contributed by atoms with Crippen LogP contribution in [0.25, 0.3) is 0 Å². The molecular weight excluding hydrogens is 805 g/mol. The molecule has 0 radical (unpaired) electrons. The topological polar surface area (TPSA) is 165 Å². The molecule has 7 rings (SSSR count). The number of rotatable bonds is 10. The van der Waals surface area contributed by atoms with E-state index < -0.39 is 12.2 Å². The second-order valence-electron chi connectivity index (χ2n) is 16.0. The second kappa shape index (κ2) is 22.6. The van der Waals surface area contributed by atoms with Gasteiger partial charge in [0.05, 0.1) is 36.5 Å². The van der Waals surface area contributed by atoms with E-state index in [1.54, 1.807) is 31.2 Å². The van der Waals surface area contributed by atoms with Gasteiger partial charge in [-0.05, 0) is 135 Å². The van der Waals surface area contributed by atoms with Crippen molar-refractivity contribution in [2.75, 3.05) is 50.0 Å². The second-order valence-corrected chi connectivity index (χ2v) is 16.0. The highest BCUT2D eigenvalue weighted by atomic mass is 16.6. The Morgan fingerprint density at radius 2 is 1.02 bits per heavy atom. The number of hydrogen-bond acceptors (Lipinski definition) is 8. The molecule has 0 unspecified atom stereocenters. The number of likely N-dealkylation sites (tertiary alicyclic amines) is 2. The van der Waals surface area contributed by atoms with Gasteiger partial charge in [-0.25, -0.2) is 9.59 Å². The molecule has 0 saturated carbocycles. The molecule has 2 aliphatic heterocycles. The molecule has 0 aromatic heterocycles. The summed E-state index contributed by atoms with van der Waals surface area (Å²) in [6.45, 7) is 8.77. The zero-order valence-corrected chi connectivity index (χ0v) is 36.6. The number of carbonyl (C=O) groups is 4. The van der Waals surface area contributed by atoms with E-state index in [4.69, 9.17) is 20.0 Å². The SMILES string of the molecule is CCOC(=O)Nc1cc(C(=O)N2CCC(c3ccc(C#N)cc3)CC2)ccc1C.Cc1ccc(C(=O)N2CCC(c3ccc(C#N)cc3)CC2)cc1NC(=O)OCCc1ccccc1. The monoisotopic (exact) mass is 858 g/mol. The van der Waals surface area contributed by atoms with Crippen LogP contribution in [0.3, 0.4) is 0 Å². The van der Waals surface area contributed by atoms with Gasteiger partial charge in [0.1, 0.15) is 0 Å². The quantitative estimate of drug-likeness (QED) is 0.140. The first-order valence-electron chi connectivity index (χ1n) is 21.8. The smallest absolute Gasteiger partial charge is 0.411 e. The zero-order valence-electron chi connectivity index (χ0n) is 36.6. The predicted octanol–water partition coefficient (Wildman–Crippen LogP) is 10.1. The van der Waals surface area contributed by atoms with Crippen molar-refractivity contribution in [1.29, 1.82) is 10.5 Å². The van der Waals surface area contributed by atoms with Crippen LogP contribution in [0.15, 0.2) is 115 Å². The average molecular weight is 859 g/mol. The van der Waals surface area contributed by atoms with Gasteiger partial charge in [0, 0.05) is 55.1 Å². The Morgan fingerprint density at radius 1 is 0.594 bits per heavy atom. The number of anilines is 2. The summed E-state index contributed by atoms with van der Waals surface area (Å²) in [4.78, 5) is 53.8. The molecule has 0 aliphatic carbocycles. The van der Waals surface area contributed by atoms with Crippen molar-refractivity contribution < 1.29 is 28.7 Å². The van der Waals surface area contributed by atoms with Crippen LogP contribution >= 0.6 is 0 Å². The number of ether oxygens (including phenoxy) is 2. The molecule has 0 atom stereocenters. The Balaban J connectivity index is 0.000000216. The Labute approximate surface area is 375 Å². The molecule has 2 fully saturated rings. The van der Waals surface area contributed by atoms with E-state index >= 15 is 0 Å². The Morgan fingerprint density at radius 3 is 1.42 bits per heavy atom. The van der Waals surface area contributed by atoms with Crippen molar-refractivity contribution in [3.8, 4) is 12.1 Å². The Hall–Kier alpha value is -7.44. The van der Waals surface area contributed by atoms with Crippen LogP contribution in [-0.4, -0.2) is 73.2 Å². The van der Waals surface area contributed by atoms with E-state index in [0.717, 1.165) is 42.4 Å². The minimum Gasteiger partial charge on any atom is -0.450 e. The molecule has 2 heterocycles. The van der Waals surface area contributed by atoms with Gasteiger partial charge in [-0.3, -0.25) is 20.2 Å². The van der Waals surface area contributed by atoms with E-state index in [9.17, 15) is 19.2 Å². The normalized spacial score (nSPS) is 13.9. The summed E-state index contributed by atoms with van der Waals surface area (Å²) < 4.78 is 10.2. The number of benzene rings is 5. The van der Waals surface area contributed by atoms with Gasteiger partial charge in [0.2, 0.25) is 0 Å². The van der Waals surface area contributed by atoms with E-state index in [2.05, 4.69) is 22.8 Å². The number of carbonyl (C=O) groups excluding carboxylic acids is 4. The molecule has 5 aromatic rings. The highest BCUT2D eigenvalue weighted by molar-refractivity contribution is 5.97. The molecule has 4 amide bonds. The minimum atomic E-state index is -0.531. The number of piperidine rings is 2. The lowest BCUT2D eigenvalue weighted by Gasteiger charge is -2.32. The van der Waals surface area contributed by atoms with Crippen LogP contribution in [0, 0.1) is 36.5 Å². The van der Waals surface area contributed by atoms with Crippen molar-refractivity contribution in [2.24, 2.45) is 0 Å². The van der Waals surface area contributed by atoms with Gasteiger partial charge in [-0.2, -0.15) is 10.5 Å². The maximum atomic E-state index is 13.2. The summed E-state index contributed by atoms with van der Waals surface area (Å²) >= 11 is 0. The summed E-state index contributed by atoms with van der Waals surface area (Å²) in [5, 5.41) is 23.4. The van der Waals surface area contributed by atoms with Gasteiger partial charge in [-0.1, -0.05) is 66.7 Å². The first-order valence-corrected chi connectivity index (χ1v) is 21.8. The molecular formula is C52H54N6O6. The third-order valence-electron chi connectivity index (χ3n) is 11.8. The number of hydrogen-bond donors (Lipinski definition) is 2. The van der Waals surface area contributed by atoms with Gasteiger partial charge in [-0.15, -0.1) is 0 Å². The van der Waals surface area contributed by atoms with Crippen LogP contribution in [0.4, 0.5) is 21.0 Å². The predicted molar refractivity (Wildman–Crippen MR) is 246 cm³/mol. The fourth-order valence-electron chi connectivity index (χ4n) is 7.97. The number of aryl methyl sites for hydroxylation is 2. The van der Waals surface area contributed by atoms with Gasteiger partial charge >= 0.3 is 12.2 Å². The molecule has 2 aliphatic rings. The lowest BCUT2D eigenvalue weighted by atomic mass is 9.89. The van der Waals surface area contributed by atoms with E-state index in [1.165, 1.54) is 11.1 Å². The van der Waals surface area contributed by atoms with E-state index in [-0.39, 0.29) is 25.0 Å². The first-order chi connectivity index (χ1) is 31.0. The van der Waals surface area contributed by atoms with Crippen LogP contribution in [0.5, 0.6) is 0 Å². The average Bonchev–Trinajstić information content (AvgIpc) is 3.33. The summed E-state index contributed by atoms with van der Waals surface area (Å²) in [6, 6.07) is 40.3. The van der Waals surface area contributed by atoms with Gasteiger partial charge in [0.25, 0.3) is 11.8 Å². The number of amides is 4. The molecule has 328 valence electrons. The largest absolute Gasteiger partial charge is 0.450 e. The zero-order chi connectivity index (χ0) is 45.4. The Kier molecular flexibility index (Phi) is 16.3. The highest BCUT2D eigenvalue weighted by Gasteiger charge is 2.27. The molecule has 12 nitrogen and oxygen atoms in total. The number of nitrogens with one attached hydrogen (secondary N) is 2. The van der Waals surface area contributed by atoms with Gasteiger partial charge in [0.15, 0.2) is 0 Å². The minimum absolute atomic E-state index is 0.0322. The lowest BCUT2D eigenvalue weighted by Crippen LogP contribution is -2.38. The van der Waals surface area contributed by atoms with Crippen LogP contribution < -0.4 is 10.6 Å². The summed E-state index contributed by atoms with van der Waals surface area (Å²) in [6.07, 6.45) is 3.12. The molecule has 64 heavy (non-hydrogen) atoms. The van der Waals surface area contributed by atoms with Crippen LogP contribution in [-0.2, 0) is 15.9 Å². The highest BCUT2D eigenvalue weighted by Crippen LogP contribution is 2.31. The molecule has 0 bridgehead atoms. The van der Waals surface area contributed by atoms with Crippen molar-refractivity contribution in [3.05, 3.63) is 165 Å². The Bertz CT molecular complexity index is 2480. The van der Waals surface area contributed by atoms with Crippen molar-refractivity contribution in [2.45, 2.75) is 64.7 Å². The number of nitriles is 2. The van der Waals surface area contributed by atoms with Crippen molar-refractivity contribution in [1.82, 2.24) is 9.80 Å². The molecule has 5 aromatic carbocycles. The van der Waals surface area contributed by atoms with Crippen molar-refractivity contribution >= 4 is 35.4 Å². The fourth-order valence-corrected chi connectivity index (χ4v) is 7.97. The van der Waals surface area contributed by atoms with Crippen molar-refractivity contribution in [3.63, 3.8) is 0 Å². The molecule has 0 spiro atoms. The molecule has 2 saturated heterocycles. The van der Waals surface area contributed by atoms with Crippen LogP contribution in [0.2, 0.25) is 0 Å². The fraction of sp³-hybridized carbons (Fsp3) is 0.308. The first kappa shape index (κ1) is 46.1. The van der Waals surface area contributed by atoms with Gasteiger partial charge < -0.3 is 19.3 Å².